The molecule has 3 rings (SSSR count). The van der Waals surface area contributed by atoms with Crippen LogP contribution in [0.15, 0.2) is 35.3 Å². The number of piperidine rings is 1. The molecule has 1 saturated carbocycles. The van der Waals surface area contributed by atoms with Crippen molar-refractivity contribution in [1.29, 1.82) is 0 Å². The van der Waals surface area contributed by atoms with Crippen molar-refractivity contribution >= 4 is 29.9 Å². The topological polar surface area (TPSA) is 57.1 Å². The van der Waals surface area contributed by atoms with E-state index in [1.807, 2.05) is 30.3 Å². The van der Waals surface area contributed by atoms with Gasteiger partial charge in [-0.15, -0.1) is 24.0 Å². The summed E-state index contributed by atoms with van der Waals surface area (Å²) >= 11 is 0. The minimum absolute atomic E-state index is 0. The SMILES string of the molecule is CCNC(=NCC1(CO)CC1)N1CCC(Oc2ccccc2)CC1.I. The number of hydrogen-bond acceptors (Lipinski definition) is 3. The Morgan fingerprint density at radius 2 is 1.96 bits per heavy atom. The third-order valence-corrected chi connectivity index (χ3v) is 4.98. The second kappa shape index (κ2) is 9.62. The first kappa shape index (κ1) is 20.3. The number of para-hydroxylation sites is 1. The molecule has 1 aliphatic heterocycles. The summed E-state index contributed by atoms with van der Waals surface area (Å²) in [6.45, 7) is 5.85. The van der Waals surface area contributed by atoms with E-state index in [0.29, 0.717) is 0 Å². The summed E-state index contributed by atoms with van der Waals surface area (Å²) in [5.74, 6) is 1.94. The number of guanidine groups is 1. The quantitative estimate of drug-likeness (QED) is 0.390. The molecule has 2 N–H and O–H groups in total. The Kier molecular flexibility index (Phi) is 7.81. The summed E-state index contributed by atoms with van der Waals surface area (Å²) in [7, 11) is 0. The van der Waals surface area contributed by atoms with Crippen molar-refractivity contribution in [3.8, 4) is 5.75 Å². The van der Waals surface area contributed by atoms with Gasteiger partial charge < -0.3 is 20.1 Å². The highest BCUT2D eigenvalue weighted by atomic mass is 127. The van der Waals surface area contributed by atoms with Crippen molar-refractivity contribution in [3.63, 3.8) is 0 Å². The molecule has 2 aliphatic rings. The number of nitrogens with one attached hydrogen (secondary N) is 1. The molecule has 0 spiro atoms. The number of halogens is 1. The average Bonchev–Trinajstić information content (AvgIpc) is 3.41. The molecule has 1 saturated heterocycles. The summed E-state index contributed by atoms with van der Waals surface area (Å²) in [5.41, 5.74) is 0.0649. The van der Waals surface area contributed by atoms with Crippen LogP contribution in [0.1, 0.15) is 32.6 Å². The van der Waals surface area contributed by atoms with Crippen LogP contribution in [-0.2, 0) is 0 Å². The fourth-order valence-corrected chi connectivity index (χ4v) is 3.09. The highest BCUT2D eigenvalue weighted by Crippen LogP contribution is 2.45. The lowest BCUT2D eigenvalue weighted by molar-refractivity contribution is 0.129. The molecule has 0 amide bonds. The van der Waals surface area contributed by atoms with Crippen LogP contribution >= 0.6 is 24.0 Å². The molecule has 2 fully saturated rings. The second-order valence-electron chi connectivity index (χ2n) is 6.95. The molecule has 0 atom stereocenters. The molecular weight excluding hydrogens is 429 g/mol. The Bertz CT molecular complexity index is 541. The smallest absolute Gasteiger partial charge is 0.193 e. The van der Waals surface area contributed by atoms with Crippen LogP contribution in [0.25, 0.3) is 0 Å². The maximum Gasteiger partial charge on any atom is 0.193 e. The highest BCUT2D eigenvalue weighted by Gasteiger charge is 2.42. The molecule has 5 nitrogen and oxygen atoms in total. The third-order valence-electron chi connectivity index (χ3n) is 4.98. The van der Waals surface area contributed by atoms with Gasteiger partial charge in [0.05, 0.1) is 13.2 Å². The fraction of sp³-hybridized carbons (Fsp3) is 0.632. The number of rotatable bonds is 6. The van der Waals surface area contributed by atoms with E-state index in [1.54, 1.807) is 0 Å². The normalized spacial score (nSPS) is 19.9. The summed E-state index contributed by atoms with van der Waals surface area (Å²) in [6, 6.07) is 10.1. The number of likely N-dealkylation sites (tertiary alicyclic amines) is 1. The zero-order valence-electron chi connectivity index (χ0n) is 15.0. The predicted molar refractivity (Wildman–Crippen MR) is 112 cm³/mol. The predicted octanol–water partition coefficient (Wildman–Crippen LogP) is 2.89. The first-order valence-corrected chi connectivity index (χ1v) is 9.10. The fourth-order valence-electron chi connectivity index (χ4n) is 3.09. The van der Waals surface area contributed by atoms with E-state index in [-0.39, 0.29) is 42.1 Å². The minimum atomic E-state index is 0. The number of nitrogens with zero attached hydrogens (tertiary/aromatic N) is 2. The Labute approximate surface area is 167 Å². The van der Waals surface area contributed by atoms with Crippen molar-refractivity contribution in [3.05, 3.63) is 30.3 Å². The van der Waals surface area contributed by atoms with E-state index >= 15 is 0 Å². The van der Waals surface area contributed by atoms with Crippen molar-refractivity contribution in [2.24, 2.45) is 10.4 Å². The van der Waals surface area contributed by atoms with Crippen LogP contribution in [0.2, 0.25) is 0 Å². The van der Waals surface area contributed by atoms with Gasteiger partial charge in [0, 0.05) is 37.9 Å². The Hall–Kier alpha value is -1.02. The maximum absolute atomic E-state index is 9.46. The van der Waals surface area contributed by atoms with Crippen LogP contribution in [0.5, 0.6) is 5.75 Å². The largest absolute Gasteiger partial charge is 0.490 e. The van der Waals surface area contributed by atoms with Gasteiger partial charge >= 0.3 is 0 Å². The van der Waals surface area contributed by atoms with Crippen LogP contribution in [0.4, 0.5) is 0 Å². The minimum Gasteiger partial charge on any atom is -0.490 e. The molecule has 25 heavy (non-hydrogen) atoms. The number of aliphatic hydroxyl groups is 1. The lowest BCUT2D eigenvalue weighted by atomic mass is 10.1. The van der Waals surface area contributed by atoms with Crippen LogP contribution in [0.3, 0.4) is 0 Å². The van der Waals surface area contributed by atoms with Crippen molar-refractivity contribution < 1.29 is 9.84 Å². The molecular formula is C19H30IN3O2. The Balaban J connectivity index is 0.00000225. The molecule has 0 unspecified atom stereocenters. The van der Waals surface area contributed by atoms with Crippen molar-refractivity contribution in [1.82, 2.24) is 10.2 Å². The van der Waals surface area contributed by atoms with E-state index in [0.717, 1.165) is 63.6 Å². The van der Waals surface area contributed by atoms with Crippen molar-refractivity contribution in [2.45, 2.75) is 38.7 Å². The summed E-state index contributed by atoms with van der Waals surface area (Å²) < 4.78 is 6.06. The second-order valence-corrected chi connectivity index (χ2v) is 6.95. The Morgan fingerprint density at radius 1 is 1.28 bits per heavy atom. The number of aliphatic imine (C=N–C) groups is 1. The van der Waals surface area contributed by atoms with E-state index in [4.69, 9.17) is 9.73 Å². The monoisotopic (exact) mass is 459 g/mol. The summed E-state index contributed by atoms with van der Waals surface area (Å²) in [4.78, 5) is 7.10. The van der Waals surface area contributed by atoms with Gasteiger partial charge in [-0.05, 0) is 31.9 Å². The van der Waals surface area contributed by atoms with Gasteiger partial charge in [0.1, 0.15) is 11.9 Å². The standard InChI is InChI=1S/C19H29N3O2.HI/c1-2-20-18(21-14-19(15-23)10-11-19)22-12-8-17(9-13-22)24-16-6-4-3-5-7-16;/h3-7,17,23H,2,8-15H2,1H3,(H,20,21);1H. The zero-order chi connectivity index (χ0) is 16.8. The van der Waals surface area contributed by atoms with Gasteiger partial charge in [0.25, 0.3) is 0 Å². The third kappa shape index (κ3) is 5.74. The molecule has 6 heteroatoms. The van der Waals surface area contributed by atoms with E-state index < -0.39 is 0 Å². The molecule has 1 heterocycles. The van der Waals surface area contributed by atoms with Crippen LogP contribution < -0.4 is 10.1 Å². The lowest BCUT2D eigenvalue weighted by Gasteiger charge is -2.34. The number of benzene rings is 1. The summed E-state index contributed by atoms with van der Waals surface area (Å²) in [5, 5.41) is 12.9. The molecule has 1 aliphatic carbocycles. The van der Waals surface area contributed by atoms with Gasteiger partial charge in [0.15, 0.2) is 5.96 Å². The lowest BCUT2D eigenvalue weighted by Crippen LogP contribution is -2.47. The highest BCUT2D eigenvalue weighted by molar-refractivity contribution is 14.0. The summed E-state index contributed by atoms with van der Waals surface area (Å²) in [6.07, 6.45) is 4.48. The number of aliphatic hydroxyl groups excluding tert-OH is 1. The Morgan fingerprint density at radius 3 is 2.52 bits per heavy atom. The van der Waals surface area contributed by atoms with Gasteiger partial charge in [-0.25, -0.2) is 0 Å². The van der Waals surface area contributed by atoms with E-state index in [9.17, 15) is 5.11 Å². The molecule has 0 radical (unpaired) electrons. The zero-order valence-corrected chi connectivity index (χ0v) is 17.3. The van der Waals surface area contributed by atoms with E-state index in [1.165, 1.54) is 0 Å². The van der Waals surface area contributed by atoms with Crippen molar-refractivity contribution in [2.75, 3.05) is 32.8 Å². The maximum atomic E-state index is 9.46. The van der Waals surface area contributed by atoms with Crippen LogP contribution in [-0.4, -0.2) is 54.9 Å². The van der Waals surface area contributed by atoms with Gasteiger partial charge in [-0.2, -0.15) is 0 Å². The molecule has 140 valence electrons. The first-order valence-electron chi connectivity index (χ1n) is 9.10. The van der Waals surface area contributed by atoms with E-state index in [2.05, 4.69) is 17.1 Å². The van der Waals surface area contributed by atoms with Crippen LogP contribution in [0, 0.1) is 5.41 Å². The molecule has 0 bridgehead atoms. The molecule has 1 aromatic carbocycles. The molecule has 1 aromatic rings. The first-order chi connectivity index (χ1) is 11.7. The number of ether oxygens (including phenoxy) is 1. The average molecular weight is 459 g/mol. The number of hydrogen-bond donors (Lipinski definition) is 2. The molecule has 0 aromatic heterocycles. The van der Waals surface area contributed by atoms with Gasteiger partial charge in [0.2, 0.25) is 0 Å². The van der Waals surface area contributed by atoms with Gasteiger partial charge in [-0.3, -0.25) is 4.99 Å². The van der Waals surface area contributed by atoms with Gasteiger partial charge in [-0.1, -0.05) is 18.2 Å².